The van der Waals surface area contributed by atoms with Gasteiger partial charge in [0.25, 0.3) is 0 Å². The van der Waals surface area contributed by atoms with Gasteiger partial charge in [-0.1, -0.05) is 0 Å². The Morgan fingerprint density at radius 1 is 1.33 bits per heavy atom. The molecule has 0 amide bonds. The summed E-state index contributed by atoms with van der Waals surface area (Å²) in [5.41, 5.74) is 0. The summed E-state index contributed by atoms with van der Waals surface area (Å²) in [4.78, 5) is 3.96. The van der Waals surface area contributed by atoms with Crippen LogP contribution in [0.2, 0.25) is 0 Å². The summed E-state index contributed by atoms with van der Waals surface area (Å²) >= 11 is 1.47. The van der Waals surface area contributed by atoms with Gasteiger partial charge in [0.2, 0.25) is 0 Å². The summed E-state index contributed by atoms with van der Waals surface area (Å²) < 4.78 is 5.15. The van der Waals surface area contributed by atoms with Crippen LogP contribution in [0.3, 0.4) is 0 Å². The van der Waals surface area contributed by atoms with Crippen molar-refractivity contribution in [1.29, 1.82) is 0 Å². The van der Waals surface area contributed by atoms with Gasteiger partial charge >= 0.3 is 0 Å². The van der Waals surface area contributed by atoms with Gasteiger partial charge in [-0.05, 0) is 17.6 Å². The van der Waals surface area contributed by atoms with E-state index in [1.165, 1.54) is 16.9 Å². The zero-order valence-electron chi connectivity index (χ0n) is 4.61. The lowest BCUT2D eigenvalue weighted by atomic mass is 10.4. The van der Waals surface area contributed by atoms with Crippen LogP contribution in [0.1, 0.15) is 0 Å². The standard InChI is InChI=1S/C6H4N2S/c1-2-7-4-6-5(1)3-8-9-6/h1-4H. The Kier molecular flexibility index (Phi) is 0.960. The third-order valence-electron chi connectivity index (χ3n) is 1.16. The highest BCUT2D eigenvalue weighted by molar-refractivity contribution is 7.13. The molecule has 0 fully saturated rings. The molecule has 0 radical (unpaired) electrons. The third kappa shape index (κ3) is 0.695. The Labute approximate surface area is 56.3 Å². The maximum Gasteiger partial charge on any atom is 0.0733 e. The van der Waals surface area contributed by atoms with Gasteiger partial charge in [-0.2, -0.15) is 4.37 Å². The number of rotatable bonds is 0. The van der Waals surface area contributed by atoms with Crippen molar-refractivity contribution < 1.29 is 0 Å². The second-order valence-corrected chi connectivity index (χ2v) is 2.57. The Morgan fingerprint density at radius 3 is 3.22 bits per heavy atom. The first-order valence-electron chi connectivity index (χ1n) is 2.61. The molecule has 2 aromatic rings. The van der Waals surface area contributed by atoms with Crippen LogP contribution < -0.4 is 0 Å². The molecule has 3 heteroatoms. The Bertz CT molecular complexity index is 285. The van der Waals surface area contributed by atoms with Gasteiger partial charge < -0.3 is 0 Å². The maximum absolute atomic E-state index is 4.00. The van der Waals surface area contributed by atoms with Crippen LogP contribution in [0.4, 0.5) is 0 Å². The molecule has 0 aliphatic carbocycles. The number of aromatic nitrogens is 2. The Balaban J connectivity index is 2.95. The largest absolute Gasteiger partial charge is 0.263 e. The minimum absolute atomic E-state index is 1.15. The van der Waals surface area contributed by atoms with E-state index in [-0.39, 0.29) is 0 Å². The van der Waals surface area contributed by atoms with Gasteiger partial charge in [0.05, 0.1) is 4.70 Å². The average molecular weight is 136 g/mol. The van der Waals surface area contributed by atoms with E-state index in [0.29, 0.717) is 0 Å². The number of nitrogens with zero attached hydrogens (tertiary/aromatic N) is 2. The van der Waals surface area contributed by atoms with Crippen molar-refractivity contribution in [2.45, 2.75) is 0 Å². The quantitative estimate of drug-likeness (QED) is 0.550. The second kappa shape index (κ2) is 1.77. The molecule has 2 nitrogen and oxygen atoms in total. The van der Waals surface area contributed by atoms with Crippen molar-refractivity contribution in [3.05, 3.63) is 24.7 Å². The summed E-state index contributed by atoms with van der Waals surface area (Å²) in [6.45, 7) is 0. The SMILES string of the molecule is c1cc2cnsc2cn1. The first-order valence-corrected chi connectivity index (χ1v) is 3.38. The molecule has 0 atom stereocenters. The molecule has 0 saturated carbocycles. The summed E-state index contributed by atoms with van der Waals surface area (Å²) in [5, 5.41) is 1.18. The van der Waals surface area contributed by atoms with Crippen LogP contribution in [0, 0.1) is 0 Å². The predicted molar refractivity (Wildman–Crippen MR) is 37.4 cm³/mol. The first-order chi connectivity index (χ1) is 4.47. The van der Waals surface area contributed by atoms with Crippen molar-refractivity contribution in [1.82, 2.24) is 9.36 Å². The fourth-order valence-electron chi connectivity index (χ4n) is 0.714. The molecule has 0 N–H and O–H groups in total. The first kappa shape index (κ1) is 4.88. The van der Waals surface area contributed by atoms with Crippen molar-refractivity contribution in [2.75, 3.05) is 0 Å². The number of fused-ring (bicyclic) bond motifs is 1. The van der Waals surface area contributed by atoms with Crippen LogP contribution in [-0.2, 0) is 0 Å². The molecule has 0 saturated heterocycles. The predicted octanol–water partition coefficient (Wildman–Crippen LogP) is 1.69. The Hall–Kier alpha value is -0.960. The van der Waals surface area contributed by atoms with Crippen LogP contribution in [-0.4, -0.2) is 9.36 Å². The molecular formula is C6H4N2S. The maximum atomic E-state index is 4.00. The fourth-order valence-corrected chi connectivity index (χ4v) is 1.33. The van der Waals surface area contributed by atoms with Gasteiger partial charge in [-0.25, -0.2) is 0 Å². The third-order valence-corrected chi connectivity index (χ3v) is 1.91. The van der Waals surface area contributed by atoms with E-state index in [2.05, 4.69) is 9.36 Å². The van der Waals surface area contributed by atoms with Gasteiger partial charge in [0, 0.05) is 24.0 Å². The van der Waals surface area contributed by atoms with Crippen LogP contribution >= 0.6 is 11.5 Å². The van der Waals surface area contributed by atoms with E-state index in [1.807, 2.05) is 18.5 Å². The monoisotopic (exact) mass is 136 g/mol. The molecule has 2 aromatic heterocycles. The summed E-state index contributed by atoms with van der Waals surface area (Å²) in [6, 6.07) is 1.96. The van der Waals surface area contributed by atoms with E-state index in [0.717, 1.165) is 4.70 Å². The van der Waals surface area contributed by atoms with Crippen molar-refractivity contribution in [3.63, 3.8) is 0 Å². The smallest absolute Gasteiger partial charge is 0.0733 e. The van der Waals surface area contributed by atoms with Crippen LogP contribution in [0.5, 0.6) is 0 Å². The molecule has 44 valence electrons. The summed E-state index contributed by atoms with van der Waals surface area (Å²) in [6.07, 6.45) is 5.45. The highest BCUT2D eigenvalue weighted by Crippen LogP contribution is 2.14. The van der Waals surface area contributed by atoms with E-state index >= 15 is 0 Å². The zero-order chi connectivity index (χ0) is 6.10. The molecule has 0 spiro atoms. The topological polar surface area (TPSA) is 25.8 Å². The van der Waals surface area contributed by atoms with E-state index in [1.54, 1.807) is 6.20 Å². The van der Waals surface area contributed by atoms with Gasteiger partial charge in [0.15, 0.2) is 0 Å². The minimum Gasteiger partial charge on any atom is -0.263 e. The number of hydrogen-bond donors (Lipinski definition) is 0. The zero-order valence-corrected chi connectivity index (χ0v) is 5.43. The molecule has 0 unspecified atom stereocenters. The van der Waals surface area contributed by atoms with Gasteiger partial charge in [0.1, 0.15) is 0 Å². The molecule has 9 heavy (non-hydrogen) atoms. The highest BCUT2D eigenvalue weighted by Gasteiger charge is 1.90. The molecular weight excluding hydrogens is 132 g/mol. The lowest BCUT2D eigenvalue weighted by molar-refractivity contribution is 1.37. The lowest BCUT2D eigenvalue weighted by Gasteiger charge is -1.79. The van der Waals surface area contributed by atoms with E-state index in [9.17, 15) is 0 Å². The molecule has 2 heterocycles. The van der Waals surface area contributed by atoms with Crippen molar-refractivity contribution >= 4 is 21.6 Å². The second-order valence-electron chi connectivity index (χ2n) is 1.74. The number of pyridine rings is 1. The minimum atomic E-state index is 1.15. The highest BCUT2D eigenvalue weighted by atomic mass is 32.1. The lowest BCUT2D eigenvalue weighted by Crippen LogP contribution is -1.64. The van der Waals surface area contributed by atoms with E-state index in [4.69, 9.17) is 0 Å². The van der Waals surface area contributed by atoms with Gasteiger partial charge in [-0.15, -0.1) is 0 Å². The molecule has 2 rings (SSSR count). The molecule has 0 bridgehead atoms. The van der Waals surface area contributed by atoms with Crippen molar-refractivity contribution in [3.8, 4) is 0 Å². The average Bonchev–Trinajstić information content (AvgIpc) is 2.33. The van der Waals surface area contributed by atoms with E-state index < -0.39 is 0 Å². The molecule has 0 aromatic carbocycles. The fraction of sp³-hybridized carbons (Fsp3) is 0. The Morgan fingerprint density at radius 2 is 2.33 bits per heavy atom. The van der Waals surface area contributed by atoms with Crippen LogP contribution in [0.15, 0.2) is 24.7 Å². The van der Waals surface area contributed by atoms with Crippen LogP contribution in [0.25, 0.3) is 10.1 Å². The van der Waals surface area contributed by atoms with Crippen molar-refractivity contribution in [2.24, 2.45) is 0 Å². The summed E-state index contributed by atoms with van der Waals surface area (Å²) in [7, 11) is 0. The number of hydrogen-bond acceptors (Lipinski definition) is 3. The summed E-state index contributed by atoms with van der Waals surface area (Å²) in [5.74, 6) is 0. The molecule has 0 aliphatic rings. The molecule has 0 aliphatic heterocycles. The normalized spacial score (nSPS) is 10.2. The van der Waals surface area contributed by atoms with Gasteiger partial charge in [-0.3, -0.25) is 4.98 Å².